The van der Waals surface area contributed by atoms with Crippen molar-refractivity contribution >= 4 is 17.1 Å². The van der Waals surface area contributed by atoms with Gasteiger partial charge < -0.3 is 20.3 Å². The fraction of sp³-hybridized carbons (Fsp3) is 0.200. The van der Waals surface area contributed by atoms with Gasteiger partial charge >= 0.3 is 6.03 Å². The zero-order chi connectivity index (χ0) is 21.5. The molecule has 3 N–H and O–H groups in total. The van der Waals surface area contributed by atoms with Gasteiger partial charge in [-0.3, -0.25) is 0 Å². The van der Waals surface area contributed by atoms with Crippen LogP contribution in [-0.2, 0) is 19.5 Å². The van der Waals surface area contributed by atoms with Crippen LogP contribution in [0.4, 0.5) is 4.79 Å². The topological polar surface area (TPSA) is 79.2 Å². The first-order valence-electron chi connectivity index (χ1n) is 10.4. The molecule has 0 bridgehead atoms. The van der Waals surface area contributed by atoms with Crippen molar-refractivity contribution in [1.82, 2.24) is 20.2 Å². The molecule has 0 radical (unpaired) electrons. The van der Waals surface area contributed by atoms with Crippen LogP contribution < -0.4 is 10.6 Å². The Balaban J connectivity index is 1.23. The zero-order valence-corrected chi connectivity index (χ0v) is 17.3. The molecule has 4 rings (SSSR count). The van der Waals surface area contributed by atoms with Crippen LogP contribution in [0.2, 0.25) is 0 Å². The molecular formula is C25H26N4O2. The summed E-state index contributed by atoms with van der Waals surface area (Å²) in [5.41, 5.74) is 5.46. The number of benzene rings is 3. The number of phenols is 1. The van der Waals surface area contributed by atoms with E-state index in [9.17, 15) is 9.90 Å². The molecule has 1 heterocycles. The van der Waals surface area contributed by atoms with Crippen LogP contribution in [0.1, 0.15) is 23.1 Å². The summed E-state index contributed by atoms with van der Waals surface area (Å²) in [5, 5.41) is 15.1. The van der Waals surface area contributed by atoms with E-state index in [1.54, 1.807) is 12.1 Å². The van der Waals surface area contributed by atoms with Crippen molar-refractivity contribution in [3.05, 3.63) is 95.8 Å². The number of aryl methyl sites for hydroxylation is 1. The predicted molar refractivity (Wildman–Crippen MR) is 122 cm³/mol. The van der Waals surface area contributed by atoms with Gasteiger partial charge in [0, 0.05) is 19.6 Å². The molecule has 158 valence electrons. The minimum Gasteiger partial charge on any atom is -0.508 e. The normalized spacial score (nSPS) is 10.8. The summed E-state index contributed by atoms with van der Waals surface area (Å²) in [6.45, 7) is 1.81. The van der Waals surface area contributed by atoms with Gasteiger partial charge in [0.1, 0.15) is 5.75 Å². The summed E-state index contributed by atoms with van der Waals surface area (Å²) < 4.78 is 2.13. The number of hydrogen-bond acceptors (Lipinski definition) is 3. The Labute approximate surface area is 181 Å². The molecule has 4 aromatic rings. The lowest BCUT2D eigenvalue weighted by atomic mass is 10.1. The van der Waals surface area contributed by atoms with Crippen molar-refractivity contribution in [3.8, 4) is 5.75 Å². The van der Waals surface area contributed by atoms with Crippen molar-refractivity contribution < 1.29 is 9.90 Å². The zero-order valence-electron chi connectivity index (χ0n) is 17.3. The number of fused-ring (bicyclic) bond motifs is 1. The Morgan fingerprint density at radius 2 is 1.71 bits per heavy atom. The predicted octanol–water partition coefficient (Wildman–Crippen LogP) is 4.22. The molecule has 6 heteroatoms. The maximum Gasteiger partial charge on any atom is 0.315 e. The number of carbonyl (C=O) groups excluding carboxylic acids is 1. The number of aromatic nitrogens is 2. The Morgan fingerprint density at radius 3 is 2.58 bits per heavy atom. The number of nitrogens with zero attached hydrogens (tertiary/aromatic N) is 2. The summed E-state index contributed by atoms with van der Waals surface area (Å²) >= 11 is 0. The highest BCUT2D eigenvalue weighted by molar-refractivity contribution is 5.75. The fourth-order valence-electron chi connectivity index (χ4n) is 3.57. The summed E-state index contributed by atoms with van der Waals surface area (Å²) in [6.07, 6.45) is 3.55. The molecule has 0 atom stereocenters. The van der Waals surface area contributed by atoms with Crippen LogP contribution in [0.25, 0.3) is 11.0 Å². The number of rotatable bonds is 8. The quantitative estimate of drug-likeness (QED) is 0.378. The molecular weight excluding hydrogens is 388 g/mol. The van der Waals surface area contributed by atoms with Crippen molar-refractivity contribution in [1.29, 1.82) is 0 Å². The molecule has 0 saturated carbocycles. The van der Waals surface area contributed by atoms with E-state index in [0.29, 0.717) is 13.1 Å². The number of amides is 2. The number of carbonyl (C=O) groups is 1. The van der Waals surface area contributed by atoms with Crippen molar-refractivity contribution in [2.45, 2.75) is 25.9 Å². The molecule has 0 aliphatic rings. The summed E-state index contributed by atoms with van der Waals surface area (Å²) in [6, 6.07) is 23.3. The number of phenolic OH excluding ortho intramolecular Hbond substituents is 1. The lowest BCUT2D eigenvalue weighted by Crippen LogP contribution is -2.35. The van der Waals surface area contributed by atoms with Crippen LogP contribution in [0.15, 0.2) is 79.1 Å². The SMILES string of the molecule is O=C(NCCCc1ccc(O)cc1)NCc1cccc(Cn2cnc3ccccc32)c1. The molecule has 0 saturated heterocycles. The van der Waals surface area contributed by atoms with Crippen molar-refractivity contribution in [3.63, 3.8) is 0 Å². The Morgan fingerprint density at radius 1 is 0.903 bits per heavy atom. The first-order chi connectivity index (χ1) is 15.2. The van der Waals surface area contributed by atoms with Gasteiger partial charge in [-0.05, 0) is 53.8 Å². The second-order valence-corrected chi connectivity index (χ2v) is 7.56. The maximum absolute atomic E-state index is 12.1. The van der Waals surface area contributed by atoms with Crippen LogP contribution >= 0.6 is 0 Å². The monoisotopic (exact) mass is 414 g/mol. The molecule has 3 aromatic carbocycles. The highest BCUT2D eigenvalue weighted by Crippen LogP contribution is 2.15. The molecule has 0 aliphatic heterocycles. The third-order valence-electron chi connectivity index (χ3n) is 5.19. The van der Waals surface area contributed by atoms with Crippen LogP contribution in [0.3, 0.4) is 0 Å². The van der Waals surface area contributed by atoms with Crippen molar-refractivity contribution in [2.75, 3.05) is 6.54 Å². The third kappa shape index (κ3) is 5.63. The lowest BCUT2D eigenvalue weighted by Gasteiger charge is -2.10. The average molecular weight is 415 g/mol. The van der Waals surface area contributed by atoms with Gasteiger partial charge in [0.25, 0.3) is 0 Å². The first kappa shape index (κ1) is 20.5. The van der Waals surface area contributed by atoms with Crippen molar-refractivity contribution in [2.24, 2.45) is 0 Å². The van der Waals surface area contributed by atoms with Gasteiger partial charge in [-0.15, -0.1) is 0 Å². The molecule has 2 amide bonds. The van der Waals surface area contributed by atoms with Gasteiger partial charge in [-0.2, -0.15) is 0 Å². The number of para-hydroxylation sites is 2. The summed E-state index contributed by atoms with van der Waals surface area (Å²) in [4.78, 5) is 16.5. The second kappa shape index (κ2) is 9.80. The number of hydrogen-bond donors (Lipinski definition) is 3. The second-order valence-electron chi connectivity index (χ2n) is 7.56. The molecule has 0 fully saturated rings. The summed E-state index contributed by atoms with van der Waals surface area (Å²) in [7, 11) is 0. The highest BCUT2D eigenvalue weighted by Gasteiger charge is 2.05. The highest BCUT2D eigenvalue weighted by atomic mass is 16.3. The maximum atomic E-state index is 12.1. The molecule has 1 aromatic heterocycles. The molecule has 31 heavy (non-hydrogen) atoms. The molecule has 0 aliphatic carbocycles. The first-order valence-corrected chi connectivity index (χ1v) is 10.4. The van der Waals surface area contributed by atoms with Crippen LogP contribution in [0, 0.1) is 0 Å². The standard InChI is InChI=1S/C25H26N4O2/c30-22-12-10-19(11-13-22)7-4-14-26-25(31)27-16-20-5-3-6-21(15-20)17-29-18-28-23-8-1-2-9-24(23)29/h1-3,5-6,8-13,15,18,30H,4,7,14,16-17H2,(H2,26,27,31). The number of urea groups is 1. The number of aromatic hydroxyl groups is 1. The van der Waals surface area contributed by atoms with E-state index < -0.39 is 0 Å². The Hall–Kier alpha value is -3.80. The smallest absolute Gasteiger partial charge is 0.315 e. The number of nitrogens with one attached hydrogen (secondary N) is 2. The van der Waals surface area contributed by atoms with E-state index in [2.05, 4.69) is 38.4 Å². The van der Waals surface area contributed by atoms with Crippen LogP contribution in [0.5, 0.6) is 5.75 Å². The van der Waals surface area contributed by atoms with Gasteiger partial charge in [0.15, 0.2) is 0 Å². The Kier molecular flexibility index (Phi) is 6.47. The van der Waals surface area contributed by atoms with E-state index in [4.69, 9.17) is 0 Å². The van der Waals surface area contributed by atoms with E-state index >= 15 is 0 Å². The molecule has 0 spiro atoms. The fourth-order valence-corrected chi connectivity index (χ4v) is 3.57. The minimum atomic E-state index is -0.170. The molecule has 0 unspecified atom stereocenters. The lowest BCUT2D eigenvalue weighted by molar-refractivity contribution is 0.240. The summed E-state index contributed by atoms with van der Waals surface area (Å²) in [5.74, 6) is 0.267. The Bertz CT molecular complexity index is 1150. The van der Waals surface area contributed by atoms with E-state index in [0.717, 1.165) is 47.1 Å². The number of imidazole rings is 1. The van der Waals surface area contributed by atoms with Crippen LogP contribution in [-0.4, -0.2) is 27.2 Å². The minimum absolute atomic E-state index is 0.170. The largest absolute Gasteiger partial charge is 0.508 e. The van der Waals surface area contributed by atoms with E-state index in [1.807, 2.05) is 48.8 Å². The molecule has 6 nitrogen and oxygen atoms in total. The van der Waals surface area contributed by atoms with Gasteiger partial charge in [0.2, 0.25) is 0 Å². The third-order valence-corrected chi connectivity index (χ3v) is 5.19. The van der Waals surface area contributed by atoms with Gasteiger partial charge in [-0.25, -0.2) is 9.78 Å². The van der Waals surface area contributed by atoms with Gasteiger partial charge in [0.05, 0.1) is 17.4 Å². The van der Waals surface area contributed by atoms with Gasteiger partial charge in [-0.1, -0.05) is 48.5 Å². The van der Waals surface area contributed by atoms with E-state index in [-0.39, 0.29) is 11.8 Å². The average Bonchev–Trinajstić information content (AvgIpc) is 3.20. The van der Waals surface area contributed by atoms with E-state index in [1.165, 1.54) is 0 Å².